The lowest BCUT2D eigenvalue weighted by Gasteiger charge is -2.12. The molecule has 1 aliphatic heterocycles. The second-order valence-electron chi connectivity index (χ2n) is 2.82. The molecule has 0 unspecified atom stereocenters. The summed E-state index contributed by atoms with van der Waals surface area (Å²) in [5.74, 6) is -0.485. The first-order chi connectivity index (χ1) is 6.68. The Kier molecular flexibility index (Phi) is 2.52. The maximum atomic E-state index is 11.2. The van der Waals surface area contributed by atoms with Gasteiger partial charge in [-0.1, -0.05) is 0 Å². The third-order valence-corrected chi connectivity index (χ3v) is 3.73. The third kappa shape index (κ3) is 1.65. The van der Waals surface area contributed by atoms with Crippen LogP contribution in [-0.4, -0.2) is 16.7 Å². The fourth-order valence-corrected chi connectivity index (χ4v) is 2.41. The number of hydrogen-bond donors (Lipinski definition) is 0. The molecule has 1 aromatic rings. The van der Waals surface area contributed by atoms with Gasteiger partial charge in [0, 0.05) is 12.2 Å². The molecule has 0 N–H and O–H groups in total. The molecule has 0 atom stereocenters. The van der Waals surface area contributed by atoms with Crippen LogP contribution >= 0.6 is 27.3 Å². The van der Waals surface area contributed by atoms with Crippen LogP contribution in [0.2, 0.25) is 0 Å². The lowest BCUT2D eigenvalue weighted by molar-refractivity contribution is -0.137. The number of halogens is 1. The molecular formula is C9H6BrNO2S. The van der Waals surface area contributed by atoms with Gasteiger partial charge in [-0.05, 0) is 32.9 Å². The highest BCUT2D eigenvalue weighted by atomic mass is 79.9. The van der Waals surface area contributed by atoms with Crippen LogP contribution in [0.25, 0.3) is 0 Å². The molecule has 72 valence electrons. The molecule has 2 amide bonds. The number of thiophene rings is 1. The largest absolute Gasteiger partial charge is 0.271 e. The first-order valence-corrected chi connectivity index (χ1v) is 5.61. The molecule has 0 spiro atoms. The number of nitrogens with zero attached hydrogens (tertiary/aromatic N) is 1. The van der Waals surface area contributed by atoms with Gasteiger partial charge in [0.2, 0.25) is 0 Å². The number of imide groups is 1. The zero-order valence-electron chi connectivity index (χ0n) is 7.07. The van der Waals surface area contributed by atoms with Crippen molar-refractivity contribution in [3.63, 3.8) is 0 Å². The Morgan fingerprint density at radius 1 is 1.29 bits per heavy atom. The molecule has 0 aromatic carbocycles. The van der Waals surface area contributed by atoms with Gasteiger partial charge < -0.3 is 0 Å². The third-order valence-electron chi connectivity index (χ3n) is 1.92. The Hall–Kier alpha value is -0.940. The molecule has 14 heavy (non-hydrogen) atoms. The quantitative estimate of drug-likeness (QED) is 0.771. The summed E-state index contributed by atoms with van der Waals surface area (Å²) in [6, 6.07) is 1.90. The van der Waals surface area contributed by atoms with E-state index < -0.39 is 0 Å². The van der Waals surface area contributed by atoms with Crippen molar-refractivity contribution in [3.8, 4) is 0 Å². The summed E-state index contributed by atoms with van der Waals surface area (Å²) in [6.45, 7) is 0.342. The number of amides is 2. The highest BCUT2D eigenvalue weighted by Gasteiger charge is 2.23. The molecule has 0 radical (unpaired) electrons. The van der Waals surface area contributed by atoms with E-state index in [4.69, 9.17) is 0 Å². The van der Waals surface area contributed by atoms with E-state index in [9.17, 15) is 9.59 Å². The molecule has 3 nitrogen and oxygen atoms in total. The molecule has 0 saturated carbocycles. The predicted molar refractivity (Wildman–Crippen MR) is 56.7 cm³/mol. The molecule has 1 aromatic heterocycles. The predicted octanol–water partition coefficient (Wildman–Crippen LogP) is 1.94. The van der Waals surface area contributed by atoms with Gasteiger partial charge >= 0.3 is 0 Å². The highest BCUT2D eigenvalue weighted by Crippen LogP contribution is 2.25. The maximum Gasteiger partial charge on any atom is 0.253 e. The van der Waals surface area contributed by atoms with E-state index in [1.165, 1.54) is 28.4 Å². The lowest BCUT2D eigenvalue weighted by Crippen LogP contribution is -2.29. The van der Waals surface area contributed by atoms with E-state index in [1.54, 1.807) is 0 Å². The summed E-state index contributed by atoms with van der Waals surface area (Å²) in [7, 11) is 0. The molecule has 0 bridgehead atoms. The van der Waals surface area contributed by atoms with E-state index in [1.807, 2.05) is 11.4 Å². The van der Waals surface area contributed by atoms with Gasteiger partial charge in [-0.15, -0.1) is 11.3 Å². The van der Waals surface area contributed by atoms with Gasteiger partial charge in [0.1, 0.15) is 0 Å². The Morgan fingerprint density at radius 2 is 1.93 bits per heavy atom. The van der Waals surface area contributed by atoms with E-state index in [2.05, 4.69) is 15.9 Å². The summed E-state index contributed by atoms with van der Waals surface area (Å²) in [4.78, 5) is 23.7. The summed E-state index contributed by atoms with van der Waals surface area (Å²) < 4.78 is 0.963. The average Bonchev–Trinajstić information content (AvgIpc) is 2.67. The minimum absolute atomic E-state index is 0.242. The van der Waals surface area contributed by atoms with Crippen molar-refractivity contribution in [2.45, 2.75) is 6.54 Å². The van der Waals surface area contributed by atoms with E-state index in [-0.39, 0.29) is 11.8 Å². The van der Waals surface area contributed by atoms with Crippen molar-refractivity contribution >= 4 is 39.1 Å². The van der Waals surface area contributed by atoms with Crippen LogP contribution in [0.4, 0.5) is 0 Å². The number of hydrogen-bond acceptors (Lipinski definition) is 3. The average molecular weight is 272 g/mol. The minimum Gasteiger partial charge on any atom is -0.271 e. The van der Waals surface area contributed by atoms with Crippen molar-refractivity contribution in [2.75, 3.05) is 0 Å². The molecule has 5 heteroatoms. The first kappa shape index (κ1) is 9.61. The maximum absolute atomic E-state index is 11.2. The van der Waals surface area contributed by atoms with Gasteiger partial charge in [0.25, 0.3) is 11.8 Å². The topological polar surface area (TPSA) is 37.4 Å². The molecule has 0 aliphatic carbocycles. The lowest BCUT2D eigenvalue weighted by atomic mass is 10.3. The van der Waals surface area contributed by atoms with Crippen molar-refractivity contribution in [1.82, 2.24) is 4.90 Å². The van der Waals surface area contributed by atoms with Gasteiger partial charge in [0.05, 0.1) is 10.3 Å². The van der Waals surface area contributed by atoms with Gasteiger partial charge in [-0.25, -0.2) is 0 Å². The summed E-state index contributed by atoms with van der Waals surface area (Å²) in [5, 5.41) is 1.91. The Balaban J connectivity index is 2.16. The second-order valence-corrected chi connectivity index (χ2v) is 5.05. The van der Waals surface area contributed by atoms with Crippen molar-refractivity contribution in [1.29, 1.82) is 0 Å². The van der Waals surface area contributed by atoms with E-state index >= 15 is 0 Å². The minimum atomic E-state index is -0.242. The molecule has 1 aliphatic rings. The van der Waals surface area contributed by atoms with Gasteiger partial charge in [0.15, 0.2) is 0 Å². The van der Waals surface area contributed by atoms with Gasteiger partial charge in [-0.3, -0.25) is 14.5 Å². The Bertz CT molecular complexity index is 406. The fourth-order valence-electron chi connectivity index (χ4n) is 1.19. The van der Waals surface area contributed by atoms with E-state index in [0.717, 1.165) is 9.35 Å². The number of rotatable bonds is 2. The van der Waals surface area contributed by atoms with Crippen LogP contribution in [0.15, 0.2) is 27.4 Å². The zero-order valence-corrected chi connectivity index (χ0v) is 9.47. The van der Waals surface area contributed by atoms with Crippen LogP contribution in [0.3, 0.4) is 0 Å². The molecule has 2 rings (SSSR count). The SMILES string of the molecule is O=C1C=CC(=O)N1Cc1ccsc1Br. The summed E-state index contributed by atoms with van der Waals surface area (Å²) in [6.07, 6.45) is 2.59. The summed E-state index contributed by atoms with van der Waals surface area (Å²) >= 11 is 4.90. The standard InChI is InChI=1S/C9H6BrNO2S/c10-9-6(3-4-14-9)5-11-7(12)1-2-8(11)13/h1-4H,5H2. The summed E-state index contributed by atoms with van der Waals surface area (Å²) in [5.41, 5.74) is 0.959. The molecular weight excluding hydrogens is 266 g/mol. The van der Waals surface area contributed by atoms with Crippen LogP contribution in [-0.2, 0) is 16.1 Å². The van der Waals surface area contributed by atoms with Crippen LogP contribution < -0.4 is 0 Å². The Morgan fingerprint density at radius 3 is 2.43 bits per heavy atom. The number of carbonyl (C=O) groups excluding carboxylic acids is 2. The van der Waals surface area contributed by atoms with Crippen LogP contribution in [0.1, 0.15) is 5.56 Å². The van der Waals surface area contributed by atoms with Crippen LogP contribution in [0.5, 0.6) is 0 Å². The van der Waals surface area contributed by atoms with Crippen molar-refractivity contribution in [2.24, 2.45) is 0 Å². The van der Waals surface area contributed by atoms with Gasteiger partial charge in [-0.2, -0.15) is 0 Å². The normalized spacial score (nSPS) is 15.6. The van der Waals surface area contributed by atoms with Crippen molar-refractivity contribution < 1.29 is 9.59 Å². The molecule has 2 heterocycles. The second kappa shape index (κ2) is 3.67. The Labute approximate surface area is 93.2 Å². The first-order valence-electron chi connectivity index (χ1n) is 3.94. The monoisotopic (exact) mass is 271 g/mol. The number of carbonyl (C=O) groups is 2. The van der Waals surface area contributed by atoms with Crippen LogP contribution in [0, 0.1) is 0 Å². The molecule has 0 fully saturated rings. The van der Waals surface area contributed by atoms with E-state index in [0.29, 0.717) is 6.54 Å². The smallest absolute Gasteiger partial charge is 0.253 e. The zero-order chi connectivity index (χ0) is 10.1. The highest BCUT2D eigenvalue weighted by molar-refractivity contribution is 9.11. The fraction of sp³-hybridized carbons (Fsp3) is 0.111. The van der Waals surface area contributed by atoms with Crippen molar-refractivity contribution in [3.05, 3.63) is 32.9 Å². The molecule has 0 saturated heterocycles.